The lowest BCUT2D eigenvalue weighted by Gasteiger charge is -1.95. The second kappa shape index (κ2) is 4.16. The van der Waals surface area contributed by atoms with Crippen molar-refractivity contribution in [1.29, 1.82) is 0 Å². The van der Waals surface area contributed by atoms with Crippen molar-refractivity contribution in [2.75, 3.05) is 0 Å². The fourth-order valence-electron chi connectivity index (χ4n) is 1.36. The lowest BCUT2D eigenvalue weighted by molar-refractivity contribution is -0.385. The third-order valence-electron chi connectivity index (χ3n) is 2.18. The number of aryl methyl sites for hydroxylation is 1. The first-order valence-electron chi connectivity index (χ1n) is 4.89. The van der Waals surface area contributed by atoms with Gasteiger partial charge in [0.15, 0.2) is 0 Å². The van der Waals surface area contributed by atoms with Crippen molar-refractivity contribution >= 4 is 11.6 Å². The smallest absolute Gasteiger partial charge is 0.265 e. The highest BCUT2D eigenvalue weighted by Crippen LogP contribution is 2.17. The molecular formula is C9H9N5O3. The van der Waals surface area contributed by atoms with Crippen molar-refractivity contribution in [3.63, 3.8) is 0 Å². The number of carbonyl (C=O) groups is 1. The van der Waals surface area contributed by atoms with E-state index in [4.69, 9.17) is 0 Å². The third kappa shape index (κ3) is 1.92. The van der Waals surface area contributed by atoms with Crippen molar-refractivity contribution in [2.24, 2.45) is 0 Å². The Morgan fingerprint density at radius 1 is 1.59 bits per heavy atom. The molecule has 2 aromatic rings. The highest BCUT2D eigenvalue weighted by atomic mass is 16.6. The Labute approximate surface area is 95.6 Å². The lowest BCUT2D eigenvalue weighted by atomic mass is 10.3. The van der Waals surface area contributed by atoms with Crippen LogP contribution in [0.15, 0.2) is 24.7 Å². The quantitative estimate of drug-likeness (QED) is 0.576. The molecule has 0 aliphatic rings. The Morgan fingerprint density at radius 2 is 2.35 bits per heavy atom. The summed E-state index contributed by atoms with van der Waals surface area (Å²) in [6.07, 6.45) is 4.06. The zero-order valence-electron chi connectivity index (χ0n) is 8.98. The van der Waals surface area contributed by atoms with Gasteiger partial charge >= 0.3 is 11.6 Å². The van der Waals surface area contributed by atoms with Gasteiger partial charge in [0, 0.05) is 18.9 Å². The maximum Gasteiger partial charge on any atom is 0.320 e. The number of hydrogen-bond acceptors (Lipinski definition) is 5. The highest BCUT2D eigenvalue weighted by molar-refractivity contribution is 5.97. The van der Waals surface area contributed by atoms with Gasteiger partial charge in [0.2, 0.25) is 5.69 Å². The minimum atomic E-state index is -0.629. The van der Waals surface area contributed by atoms with Crippen molar-refractivity contribution in [1.82, 2.24) is 19.6 Å². The number of aromatic nitrogens is 4. The topological polar surface area (TPSA) is 95.8 Å². The van der Waals surface area contributed by atoms with Crippen molar-refractivity contribution in [2.45, 2.75) is 13.5 Å². The summed E-state index contributed by atoms with van der Waals surface area (Å²) >= 11 is 0. The van der Waals surface area contributed by atoms with E-state index in [9.17, 15) is 14.9 Å². The maximum atomic E-state index is 11.9. The normalized spacial score (nSPS) is 10.4. The van der Waals surface area contributed by atoms with Gasteiger partial charge in [-0.05, 0) is 13.0 Å². The average molecular weight is 235 g/mol. The van der Waals surface area contributed by atoms with Gasteiger partial charge < -0.3 is 0 Å². The molecule has 0 amide bonds. The first-order chi connectivity index (χ1) is 8.13. The molecule has 0 N–H and O–H groups in total. The van der Waals surface area contributed by atoms with Crippen molar-refractivity contribution in [3.05, 3.63) is 40.5 Å². The minimum Gasteiger partial charge on any atom is -0.265 e. The minimum absolute atomic E-state index is 0.208. The van der Waals surface area contributed by atoms with Gasteiger partial charge in [0.25, 0.3) is 0 Å². The standard InChI is InChI=1S/C9H9N5O3/c1-2-12-6-7(14(16)17)8(11-12)9(15)13-5-3-4-10-13/h3-6H,2H2,1H3. The van der Waals surface area contributed by atoms with Gasteiger partial charge in [-0.1, -0.05) is 0 Å². The maximum absolute atomic E-state index is 11.9. The van der Waals surface area contributed by atoms with E-state index in [-0.39, 0.29) is 11.4 Å². The Morgan fingerprint density at radius 3 is 2.88 bits per heavy atom. The molecule has 2 heterocycles. The molecule has 0 fully saturated rings. The van der Waals surface area contributed by atoms with Crippen LogP contribution in [0.25, 0.3) is 0 Å². The summed E-state index contributed by atoms with van der Waals surface area (Å²) in [6, 6.07) is 1.56. The summed E-state index contributed by atoms with van der Waals surface area (Å²) in [4.78, 5) is 22.0. The van der Waals surface area contributed by atoms with Crippen LogP contribution in [0.2, 0.25) is 0 Å². The molecule has 8 nitrogen and oxygen atoms in total. The molecule has 0 saturated heterocycles. The molecule has 17 heavy (non-hydrogen) atoms. The third-order valence-corrected chi connectivity index (χ3v) is 2.18. The molecule has 0 aliphatic carbocycles. The number of rotatable bonds is 3. The molecule has 0 bridgehead atoms. The number of nitrogens with zero attached hydrogens (tertiary/aromatic N) is 5. The van der Waals surface area contributed by atoms with E-state index in [2.05, 4.69) is 10.2 Å². The van der Waals surface area contributed by atoms with E-state index in [1.54, 1.807) is 13.0 Å². The molecule has 0 unspecified atom stereocenters. The van der Waals surface area contributed by atoms with E-state index < -0.39 is 10.8 Å². The Balaban J connectivity index is 2.47. The van der Waals surface area contributed by atoms with Crippen LogP contribution in [0.1, 0.15) is 17.4 Å². The van der Waals surface area contributed by atoms with E-state index in [0.717, 1.165) is 4.68 Å². The predicted molar refractivity (Wildman–Crippen MR) is 56.5 cm³/mol. The highest BCUT2D eigenvalue weighted by Gasteiger charge is 2.26. The number of carbonyl (C=O) groups excluding carboxylic acids is 1. The van der Waals surface area contributed by atoms with Crippen LogP contribution >= 0.6 is 0 Å². The largest absolute Gasteiger partial charge is 0.320 e. The molecule has 0 aromatic carbocycles. The second-order valence-electron chi connectivity index (χ2n) is 3.23. The fourth-order valence-corrected chi connectivity index (χ4v) is 1.36. The molecule has 8 heteroatoms. The summed E-state index contributed by atoms with van der Waals surface area (Å²) in [6.45, 7) is 2.23. The van der Waals surface area contributed by atoms with Crippen LogP contribution in [-0.2, 0) is 6.54 Å². The zero-order chi connectivity index (χ0) is 12.4. The molecule has 0 saturated carbocycles. The monoisotopic (exact) mass is 235 g/mol. The fraction of sp³-hybridized carbons (Fsp3) is 0.222. The van der Waals surface area contributed by atoms with Crippen molar-refractivity contribution in [3.8, 4) is 0 Å². The van der Waals surface area contributed by atoms with Crippen LogP contribution < -0.4 is 0 Å². The molecule has 0 spiro atoms. The van der Waals surface area contributed by atoms with Crippen LogP contribution in [0, 0.1) is 10.1 Å². The molecule has 0 aliphatic heterocycles. The number of hydrogen-bond donors (Lipinski definition) is 0. The van der Waals surface area contributed by atoms with Crippen LogP contribution in [-0.4, -0.2) is 30.4 Å². The summed E-state index contributed by atoms with van der Waals surface area (Å²) < 4.78 is 2.35. The summed E-state index contributed by atoms with van der Waals surface area (Å²) in [5, 5.41) is 18.4. The Bertz CT molecular complexity index is 557. The van der Waals surface area contributed by atoms with Crippen LogP contribution in [0.3, 0.4) is 0 Å². The van der Waals surface area contributed by atoms with E-state index in [1.165, 1.54) is 23.3 Å². The molecule has 0 atom stereocenters. The summed E-state index contributed by atoms with van der Waals surface area (Å²) in [7, 11) is 0. The zero-order valence-corrected chi connectivity index (χ0v) is 8.98. The van der Waals surface area contributed by atoms with Gasteiger partial charge in [-0.25, -0.2) is 4.68 Å². The van der Waals surface area contributed by atoms with E-state index >= 15 is 0 Å². The Hall–Kier alpha value is -2.51. The number of nitro groups is 1. The molecule has 2 aromatic heterocycles. The van der Waals surface area contributed by atoms with Gasteiger partial charge in [-0.3, -0.25) is 19.6 Å². The van der Waals surface area contributed by atoms with Gasteiger partial charge in [-0.2, -0.15) is 10.2 Å². The molecular weight excluding hydrogens is 226 g/mol. The molecule has 88 valence electrons. The first kappa shape index (κ1) is 11.0. The molecule has 2 rings (SSSR count). The SMILES string of the molecule is CCn1cc([N+](=O)[O-])c(C(=O)n2cccn2)n1. The lowest BCUT2D eigenvalue weighted by Crippen LogP contribution is -2.15. The van der Waals surface area contributed by atoms with Gasteiger partial charge in [0.05, 0.1) is 4.92 Å². The van der Waals surface area contributed by atoms with E-state index in [1.807, 2.05) is 0 Å². The first-order valence-corrected chi connectivity index (χ1v) is 4.89. The van der Waals surface area contributed by atoms with E-state index in [0.29, 0.717) is 6.54 Å². The predicted octanol–water partition coefficient (Wildman–Crippen LogP) is 0.696. The second-order valence-corrected chi connectivity index (χ2v) is 3.23. The average Bonchev–Trinajstić information content (AvgIpc) is 2.97. The summed E-state index contributed by atoms with van der Waals surface area (Å²) in [5.74, 6) is -0.617. The van der Waals surface area contributed by atoms with Gasteiger partial charge in [0.1, 0.15) is 6.20 Å². The van der Waals surface area contributed by atoms with Crippen molar-refractivity contribution < 1.29 is 9.72 Å². The van der Waals surface area contributed by atoms with Gasteiger partial charge in [-0.15, -0.1) is 0 Å². The summed E-state index contributed by atoms with van der Waals surface area (Å²) in [5.41, 5.74) is -0.520. The van der Waals surface area contributed by atoms with Crippen LogP contribution in [0.4, 0.5) is 5.69 Å². The Kier molecular flexibility index (Phi) is 2.69. The molecule has 0 radical (unpaired) electrons. The van der Waals surface area contributed by atoms with Crippen LogP contribution in [0.5, 0.6) is 0 Å².